The van der Waals surface area contributed by atoms with Gasteiger partial charge in [-0.1, -0.05) is 0 Å². The number of nitrogens with one attached hydrogen (secondary N) is 2. The van der Waals surface area contributed by atoms with E-state index in [2.05, 4.69) is 27.1 Å². The van der Waals surface area contributed by atoms with Crippen molar-refractivity contribution in [2.75, 3.05) is 19.7 Å². The van der Waals surface area contributed by atoms with Crippen LogP contribution in [0.2, 0.25) is 0 Å². The predicted octanol–water partition coefficient (Wildman–Crippen LogP) is 1.31. The number of imidazole rings is 1. The number of aryl methyl sites for hydroxylation is 1. The molecule has 116 valence electrons. The van der Waals surface area contributed by atoms with Gasteiger partial charge in [0.1, 0.15) is 5.82 Å². The molecule has 0 radical (unpaired) electrons. The number of hydrogen-bond acceptors (Lipinski definition) is 3. The Labute approximate surface area is 125 Å². The van der Waals surface area contributed by atoms with Crippen LogP contribution in [-0.4, -0.2) is 40.9 Å². The highest BCUT2D eigenvalue weighted by Crippen LogP contribution is 2.23. The standard InChI is InChI=1S/C15H24N4O2/c1-15(4-2-8-21-15)11-18-14(20)17-10-12-3-6-19-7-5-16-13(19)9-12/h5,7,12H,2-4,6,8-11H2,1H3,(H2,17,18,20)/t12-,15+/m0/s1. The van der Waals surface area contributed by atoms with E-state index in [4.69, 9.17) is 4.74 Å². The van der Waals surface area contributed by atoms with Gasteiger partial charge in [-0.25, -0.2) is 9.78 Å². The van der Waals surface area contributed by atoms with E-state index in [1.807, 2.05) is 12.4 Å². The summed E-state index contributed by atoms with van der Waals surface area (Å²) in [5, 5.41) is 5.90. The largest absolute Gasteiger partial charge is 0.373 e. The van der Waals surface area contributed by atoms with Gasteiger partial charge in [0.2, 0.25) is 0 Å². The lowest BCUT2D eigenvalue weighted by molar-refractivity contribution is 0.0229. The quantitative estimate of drug-likeness (QED) is 0.879. The molecule has 3 heterocycles. The average Bonchev–Trinajstić information content (AvgIpc) is 3.11. The van der Waals surface area contributed by atoms with Gasteiger partial charge in [0.15, 0.2) is 0 Å². The van der Waals surface area contributed by atoms with Gasteiger partial charge in [-0.05, 0) is 32.1 Å². The summed E-state index contributed by atoms with van der Waals surface area (Å²) in [6.07, 6.45) is 7.99. The summed E-state index contributed by atoms with van der Waals surface area (Å²) >= 11 is 0. The van der Waals surface area contributed by atoms with Gasteiger partial charge >= 0.3 is 6.03 Å². The lowest BCUT2D eigenvalue weighted by Gasteiger charge is -2.25. The molecule has 1 aromatic rings. The van der Waals surface area contributed by atoms with Gasteiger partial charge < -0.3 is 19.9 Å². The Morgan fingerprint density at radius 1 is 1.57 bits per heavy atom. The van der Waals surface area contributed by atoms with E-state index in [0.717, 1.165) is 44.7 Å². The number of nitrogens with zero attached hydrogens (tertiary/aromatic N) is 2. The van der Waals surface area contributed by atoms with Crippen molar-refractivity contribution in [3.63, 3.8) is 0 Å². The predicted molar refractivity (Wildman–Crippen MR) is 79.0 cm³/mol. The Morgan fingerprint density at radius 2 is 2.48 bits per heavy atom. The molecule has 2 atom stereocenters. The van der Waals surface area contributed by atoms with Gasteiger partial charge in [-0.3, -0.25) is 0 Å². The third kappa shape index (κ3) is 3.56. The van der Waals surface area contributed by atoms with Gasteiger partial charge in [0, 0.05) is 45.1 Å². The van der Waals surface area contributed by atoms with Crippen LogP contribution in [0.1, 0.15) is 32.0 Å². The van der Waals surface area contributed by atoms with Crippen LogP contribution in [0.25, 0.3) is 0 Å². The number of carbonyl (C=O) groups is 1. The molecule has 0 bridgehead atoms. The molecule has 2 amide bonds. The van der Waals surface area contributed by atoms with Gasteiger partial charge in [-0.2, -0.15) is 0 Å². The summed E-state index contributed by atoms with van der Waals surface area (Å²) in [5.41, 5.74) is -0.188. The topological polar surface area (TPSA) is 68.2 Å². The first-order valence-electron chi connectivity index (χ1n) is 7.80. The Morgan fingerprint density at radius 3 is 3.29 bits per heavy atom. The Bertz CT molecular complexity index is 494. The average molecular weight is 292 g/mol. The maximum absolute atomic E-state index is 11.9. The zero-order chi connectivity index (χ0) is 14.7. The van der Waals surface area contributed by atoms with Crippen molar-refractivity contribution < 1.29 is 9.53 Å². The van der Waals surface area contributed by atoms with E-state index in [9.17, 15) is 4.79 Å². The Kier molecular flexibility index (Phi) is 4.14. The minimum Gasteiger partial charge on any atom is -0.373 e. The molecule has 2 N–H and O–H groups in total. The molecular weight excluding hydrogens is 268 g/mol. The summed E-state index contributed by atoms with van der Waals surface area (Å²) < 4.78 is 7.85. The van der Waals surface area contributed by atoms with Crippen molar-refractivity contribution in [3.05, 3.63) is 18.2 Å². The molecule has 21 heavy (non-hydrogen) atoms. The molecule has 2 aliphatic heterocycles. The molecule has 0 unspecified atom stereocenters. The first-order chi connectivity index (χ1) is 10.1. The minimum atomic E-state index is -0.188. The summed E-state index contributed by atoms with van der Waals surface area (Å²) in [6, 6.07) is -0.0966. The first kappa shape index (κ1) is 14.4. The van der Waals surface area contributed by atoms with Crippen LogP contribution in [0, 0.1) is 5.92 Å². The fourth-order valence-corrected chi connectivity index (χ4v) is 3.13. The molecule has 0 aromatic carbocycles. The van der Waals surface area contributed by atoms with Crippen LogP contribution in [-0.2, 0) is 17.7 Å². The summed E-state index contributed by atoms with van der Waals surface area (Å²) in [6.45, 7) is 5.13. The molecule has 3 rings (SSSR count). The molecule has 6 heteroatoms. The lowest BCUT2D eigenvalue weighted by Crippen LogP contribution is -2.46. The summed E-state index contributed by atoms with van der Waals surface area (Å²) in [7, 11) is 0. The summed E-state index contributed by atoms with van der Waals surface area (Å²) in [4.78, 5) is 16.2. The van der Waals surface area contributed by atoms with Crippen molar-refractivity contribution in [1.82, 2.24) is 20.2 Å². The number of hydrogen-bond donors (Lipinski definition) is 2. The van der Waals surface area contributed by atoms with E-state index < -0.39 is 0 Å². The van der Waals surface area contributed by atoms with Crippen molar-refractivity contribution >= 4 is 6.03 Å². The van der Waals surface area contributed by atoms with Crippen LogP contribution in [0.15, 0.2) is 12.4 Å². The van der Waals surface area contributed by atoms with Gasteiger partial charge in [-0.15, -0.1) is 0 Å². The fourth-order valence-electron chi connectivity index (χ4n) is 3.13. The molecule has 6 nitrogen and oxygen atoms in total. The Balaban J connectivity index is 1.38. The number of urea groups is 1. The van der Waals surface area contributed by atoms with Crippen molar-refractivity contribution in [1.29, 1.82) is 0 Å². The molecular formula is C15H24N4O2. The number of amides is 2. The normalized spacial score (nSPS) is 28.1. The smallest absolute Gasteiger partial charge is 0.314 e. The number of ether oxygens (including phenoxy) is 1. The maximum atomic E-state index is 11.9. The first-order valence-corrected chi connectivity index (χ1v) is 7.80. The highest BCUT2D eigenvalue weighted by atomic mass is 16.5. The van der Waals surface area contributed by atoms with Crippen molar-refractivity contribution in [3.8, 4) is 0 Å². The van der Waals surface area contributed by atoms with E-state index >= 15 is 0 Å². The molecule has 1 fully saturated rings. The van der Waals surface area contributed by atoms with Crippen molar-refractivity contribution in [2.45, 2.75) is 44.8 Å². The molecule has 0 spiro atoms. The highest BCUT2D eigenvalue weighted by Gasteiger charge is 2.30. The lowest BCUT2D eigenvalue weighted by atomic mass is 9.98. The molecule has 1 saturated heterocycles. The molecule has 2 aliphatic rings. The fraction of sp³-hybridized carbons (Fsp3) is 0.733. The van der Waals surface area contributed by atoms with E-state index in [0.29, 0.717) is 19.0 Å². The summed E-state index contributed by atoms with van der Waals surface area (Å²) in [5.74, 6) is 1.60. The van der Waals surface area contributed by atoms with Crippen LogP contribution in [0.4, 0.5) is 4.79 Å². The van der Waals surface area contributed by atoms with E-state index in [1.165, 1.54) is 0 Å². The van der Waals surface area contributed by atoms with Gasteiger partial charge in [0.25, 0.3) is 0 Å². The second-order valence-electron chi connectivity index (χ2n) is 6.36. The second kappa shape index (κ2) is 6.05. The maximum Gasteiger partial charge on any atom is 0.314 e. The second-order valence-corrected chi connectivity index (χ2v) is 6.36. The number of rotatable bonds is 4. The molecule has 0 saturated carbocycles. The molecule has 0 aliphatic carbocycles. The van der Waals surface area contributed by atoms with Crippen LogP contribution in [0.5, 0.6) is 0 Å². The number of aromatic nitrogens is 2. The van der Waals surface area contributed by atoms with Crippen LogP contribution < -0.4 is 10.6 Å². The van der Waals surface area contributed by atoms with Gasteiger partial charge in [0.05, 0.1) is 5.60 Å². The van der Waals surface area contributed by atoms with Crippen LogP contribution in [0.3, 0.4) is 0 Å². The third-order valence-corrected chi connectivity index (χ3v) is 4.53. The molecule has 1 aromatic heterocycles. The monoisotopic (exact) mass is 292 g/mol. The SMILES string of the molecule is C[C@]1(CNC(=O)NC[C@H]2CCn3ccnc3C2)CCCO1. The zero-order valence-electron chi connectivity index (χ0n) is 12.6. The van der Waals surface area contributed by atoms with E-state index in [1.54, 1.807) is 0 Å². The number of carbonyl (C=O) groups excluding carboxylic acids is 1. The van der Waals surface area contributed by atoms with Crippen LogP contribution >= 0.6 is 0 Å². The minimum absolute atomic E-state index is 0.0966. The zero-order valence-corrected chi connectivity index (χ0v) is 12.6. The third-order valence-electron chi connectivity index (χ3n) is 4.53. The Hall–Kier alpha value is -1.56. The highest BCUT2D eigenvalue weighted by molar-refractivity contribution is 5.73. The number of fused-ring (bicyclic) bond motifs is 1. The van der Waals surface area contributed by atoms with Crippen molar-refractivity contribution in [2.24, 2.45) is 5.92 Å². The van der Waals surface area contributed by atoms with E-state index in [-0.39, 0.29) is 11.6 Å².